The minimum Gasteiger partial charge on any atom is -0.357 e. The van der Waals surface area contributed by atoms with E-state index in [4.69, 9.17) is 0 Å². The molecule has 0 bridgehead atoms. The number of hydrogen-bond acceptors (Lipinski definition) is 6. The molecular weight excluding hydrogens is 300 g/mol. The van der Waals surface area contributed by atoms with Gasteiger partial charge in [0, 0.05) is 31.7 Å². The first-order valence-corrected chi connectivity index (χ1v) is 9.80. The number of anilines is 2. The molecule has 1 fully saturated rings. The Labute approximate surface area is 133 Å². The van der Waals surface area contributed by atoms with Crippen LogP contribution in [0.3, 0.4) is 0 Å². The zero-order chi connectivity index (χ0) is 16.3. The predicted molar refractivity (Wildman–Crippen MR) is 90.4 cm³/mol. The standard InChI is InChI=1S/C15H26N4O2S/c1-5-18(6-2)14-10-15(17-12(4)16-14)19(7-3)13-8-9-22(20,21)11-13/h10,13H,5-9,11H2,1-4H3. The summed E-state index contributed by atoms with van der Waals surface area (Å²) in [6.45, 7) is 10.6. The fourth-order valence-corrected chi connectivity index (χ4v) is 4.75. The van der Waals surface area contributed by atoms with Gasteiger partial charge in [0.05, 0.1) is 11.5 Å². The average molecular weight is 326 g/mol. The third-order valence-corrected chi connectivity index (χ3v) is 5.93. The summed E-state index contributed by atoms with van der Waals surface area (Å²) in [7, 11) is -2.90. The lowest BCUT2D eigenvalue weighted by molar-refractivity contribution is 0.599. The summed E-state index contributed by atoms with van der Waals surface area (Å²) < 4.78 is 23.5. The first-order chi connectivity index (χ1) is 10.4. The molecule has 6 nitrogen and oxygen atoms in total. The Morgan fingerprint density at radius 3 is 2.27 bits per heavy atom. The molecule has 0 aromatic carbocycles. The van der Waals surface area contributed by atoms with Crippen molar-refractivity contribution in [1.29, 1.82) is 0 Å². The highest BCUT2D eigenvalue weighted by molar-refractivity contribution is 7.91. The van der Waals surface area contributed by atoms with Crippen molar-refractivity contribution in [3.8, 4) is 0 Å². The van der Waals surface area contributed by atoms with Gasteiger partial charge in [-0.3, -0.25) is 0 Å². The molecule has 1 aromatic heterocycles. The van der Waals surface area contributed by atoms with Crippen molar-refractivity contribution >= 4 is 21.5 Å². The van der Waals surface area contributed by atoms with Gasteiger partial charge in [0.15, 0.2) is 9.84 Å². The van der Waals surface area contributed by atoms with Crippen LogP contribution in [0.4, 0.5) is 11.6 Å². The van der Waals surface area contributed by atoms with E-state index in [-0.39, 0.29) is 17.5 Å². The zero-order valence-corrected chi connectivity index (χ0v) is 14.7. The molecule has 1 atom stereocenters. The van der Waals surface area contributed by atoms with Gasteiger partial charge < -0.3 is 9.80 Å². The van der Waals surface area contributed by atoms with Crippen LogP contribution in [-0.4, -0.2) is 55.6 Å². The molecule has 1 aromatic rings. The molecule has 2 rings (SSSR count). The van der Waals surface area contributed by atoms with Crippen molar-refractivity contribution in [2.75, 3.05) is 40.9 Å². The molecule has 1 unspecified atom stereocenters. The fraction of sp³-hybridized carbons (Fsp3) is 0.733. The van der Waals surface area contributed by atoms with E-state index in [1.54, 1.807) is 0 Å². The van der Waals surface area contributed by atoms with Crippen molar-refractivity contribution in [2.45, 2.75) is 40.2 Å². The molecule has 1 aliphatic rings. The molecule has 0 spiro atoms. The van der Waals surface area contributed by atoms with Crippen LogP contribution in [-0.2, 0) is 9.84 Å². The molecule has 1 saturated heterocycles. The van der Waals surface area contributed by atoms with Crippen molar-refractivity contribution in [1.82, 2.24) is 9.97 Å². The maximum absolute atomic E-state index is 11.8. The van der Waals surface area contributed by atoms with Crippen LogP contribution in [0.2, 0.25) is 0 Å². The maximum Gasteiger partial charge on any atom is 0.152 e. The third kappa shape index (κ3) is 3.69. The number of sulfone groups is 1. The lowest BCUT2D eigenvalue weighted by atomic mass is 10.2. The topological polar surface area (TPSA) is 66.4 Å². The van der Waals surface area contributed by atoms with Gasteiger partial charge in [-0.1, -0.05) is 0 Å². The Morgan fingerprint density at radius 2 is 1.77 bits per heavy atom. The van der Waals surface area contributed by atoms with Gasteiger partial charge in [-0.15, -0.1) is 0 Å². The van der Waals surface area contributed by atoms with Crippen LogP contribution in [0.15, 0.2) is 6.07 Å². The summed E-state index contributed by atoms with van der Waals surface area (Å²) in [6.07, 6.45) is 0.680. The molecule has 1 aliphatic heterocycles. The van der Waals surface area contributed by atoms with Gasteiger partial charge in [-0.25, -0.2) is 18.4 Å². The Morgan fingerprint density at radius 1 is 1.14 bits per heavy atom. The monoisotopic (exact) mass is 326 g/mol. The molecule has 0 N–H and O–H groups in total. The van der Waals surface area contributed by atoms with Crippen LogP contribution in [0.5, 0.6) is 0 Å². The van der Waals surface area contributed by atoms with E-state index in [1.165, 1.54) is 0 Å². The molecule has 7 heteroatoms. The second kappa shape index (κ2) is 6.81. The highest BCUT2D eigenvalue weighted by Crippen LogP contribution is 2.25. The molecule has 22 heavy (non-hydrogen) atoms. The summed E-state index contributed by atoms with van der Waals surface area (Å²) in [4.78, 5) is 13.3. The first kappa shape index (κ1) is 17.0. The molecule has 0 saturated carbocycles. The van der Waals surface area contributed by atoms with Gasteiger partial charge in [0.1, 0.15) is 17.5 Å². The van der Waals surface area contributed by atoms with Gasteiger partial charge >= 0.3 is 0 Å². The number of rotatable bonds is 6. The average Bonchev–Trinajstić information content (AvgIpc) is 2.80. The summed E-state index contributed by atoms with van der Waals surface area (Å²) in [5.74, 6) is 2.97. The third-order valence-electron chi connectivity index (χ3n) is 4.18. The highest BCUT2D eigenvalue weighted by atomic mass is 32.2. The summed E-state index contributed by atoms with van der Waals surface area (Å²) in [5.41, 5.74) is 0. The van der Waals surface area contributed by atoms with Crippen LogP contribution in [0, 0.1) is 6.92 Å². The van der Waals surface area contributed by atoms with E-state index in [0.717, 1.165) is 37.1 Å². The van der Waals surface area contributed by atoms with E-state index in [9.17, 15) is 8.42 Å². The number of aromatic nitrogens is 2. The SMILES string of the molecule is CCN(CC)c1cc(N(CC)C2CCS(=O)(=O)C2)nc(C)n1. The van der Waals surface area contributed by atoms with Crippen LogP contribution >= 0.6 is 0 Å². The fourth-order valence-electron chi connectivity index (χ4n) is 3.02. The predicted octanol–water partition coefficient (Wildman–Crippen LogP) is 1.64. The van der Waals surface area contributed by atoms with E-state index < -0.39 is 9.84 Å². The van der Waals surface area contributed by atoms with E-state index in [2.05, 4.69) is 33.6 Å². The van der Waals surface area contributed by atoms with Gasteiger partial charge in [-0.05, 0) is 34.1 Å². The molecule has 0 radical (unpaired) electrons. The molecule has 2 heterocycles. The van der Waals surface area contributed by atoms with E-state index in [1.807, 2.05) is 19.9 Å². The number of nitrogens with zero attached hydrogens (tertiary/aromatic N) is 4. The Bertz CT molecular complexity index is 614. The van der Waals surface area contributed by atoms with Gasteiger partial charge in [-0.2, -0.15) is 0 Å². The minimum absolute atomic E-state index is 0.0221. The second-order valence-corrected chi connectivity index (χ2v) is 7.88. The quantitative estimate of drug-likeness (QED) is 0.792. The van der Waals surface area contributed by atoms with Crippen molar-refractivity contribution < 1.29 is 8.42 Å². The molecule has 0 amide bonds. The van der Waals surface area contributed by atoms with Crippen molar-refractivity contribution in [3.63, 3.8) is 0 Å². The largest absolute Gasteiger partial charge is 0.357 e. The van der Waals surface area contributed by atoms with Crippen molar-refractivity contribution in [3.05, 3.63) is 11.9 Å². The zero-order valence-electron chi connectivity index (χ0n) is 13.9. The van der Waals surface area contributed by atoms with E-state index in [0.29, 0.717) is 6.42 Å². The van der Waals surface area contributed by atoms with E-state index >= 15 is 0 Å². The molecule has 124 valence electrons. The lowest BCUT2D eigenvalue weighted by Gasteiger charge is -2.29. The van der Waals surface area contributed by atoms with Gasteiger partial charge in [0.2, 0.25) is 0 Å². The Kier molecular flexibility index (Phi) is 5.26. The van der Waals surface area contributed by atoms with Crippen LogP contribution < -0.4 is 9.80 Å². The maximum atomic E-state index is 11.8. The highest BCUT2D eigenvalue weighted by Gasteiger charge is 2.32. The minimum atomic E-state index is -2.90. The number of aryl methyl sites for hydroxylation is 1. The molecular formula is C15H26N4O2S. The second-order valence-electron chi connectivity index (χ2n) is 5.65. The summed E-state index contributed by atoms with van der Waals surface area (Å²) >= 11 is 0. The number of hydrogen-bond donors (Lipinski definition) is 0. The molecule has 0 aliphatic carbocycles. The van der Waals surface area contributed by atoms with Crippen LogP contribution in [0.1, 0.15) is 33.0 Å². The smallest absolute Gasteiger partial charge is 0.152 e. The summed E-state index contributed by atoms with van der Waals surface area (Å²) in [5, 5.41) is 0. The Hall–Kier alpha value is -1.37. The van der Waals surface area contributed by atoms with Crippen molar-refractivity contribution in [2.24, 2.45) is 0 Å². The van der Waals surface area contributed by atoms with Gasteiger partial charge in [0.25, 0.3) is 0 Å². The van der Waals surface area contributed by atoms with Crippen LogP contribution in [0.25, 0.3) is 0 Å². The summed E-state index contributed by atoms with van der Waals surface area (Å²) in [6, 6.07) is 2.00. The Balaban J connectivity index is 2.33. The first-order valence-electron chi connectivity index (χ1n) is 7.97. The lowest BCUT2D eigenvalue weighted by Crippen LogP contribution is -2.37. The normalized spacial score (nSPS) is 20.1.